The highest BCUT2D eigenvalue weighted by Gasteiger charge is 2.39. The summed E-state index contributed by atoms with van der Waals surface area (Å²) >= 11 is 1.32. The average Bonchev–Trinajstić information content (AvgIpc) is 2.71. The van der Waals surface area contributed by atoms with Crippen LogP contribution in [-0.2, 0) is 9.59 Å². The summed E-state index contributed by atoms with van der Waals surface area (Å²) in [6, 6.07) is 6.80. The summed E-state index contributed by atoms with van der Waals surface area (Å²) in [4.78, 5) is 25.3. The van der Waals surface area contributed by atoms with E-state index >= 15 is 0 Å². The minimum atomic E-state index is -0.387. The van der Waals surface area contributed by atoms with Crippen LogP contribution < -0.4 is 9.64 Å². The maximum absolute atomic E-state index is 12.1. The molecule has 0 saturated carbocycles. The Morgan fingerprint density at radius 3 is 2.63 bits per heavy atom. The molecule has 1 aromatic carbocycles. The molecular weight excluding hydrogens is 266 g/mol. The van der Waals surface area contributed by atoms with Crippen molar-refractivity contribution in [3.05, 3.63) is 24.3 Å². The van der Waals surface area contributed by atoms with Gasteiger partial charge < -0.3 is 9.84 Å². The van der Waals surface area contributed by atoms with Crippen molar-refractivity contribution in [1.29, 1.82) is 0 Å². The normalized spacial score (nSPS) is 19.1. The van der Waals surface area contributed by atoms with Gasteiger partial charge in [-0.05, 0) is 24.3 Å². The number of carbonyl (C=O) groups is 2. The minimum Gasteiger partial charge on any atom is -0.497 e. The van der Waals surface area contributed by atoms with E-state index in [1.54, 1.807) is 31.4 Å². The van der Waals surface area contributed by atoms with Crippen molar-refractivity contribution in [3.8, 4) is 5.75 Å². The number of thioether (sulfide) groups is 1. The van der Waals surface area contributed by atoms with Gasteiger partial charge in [-0.25, -0.2) is 4.90 Å². The first-order chi connectivity index (χ1) is 9.17. The van der Waals surface area contributed by atoms with Crippen LogP contribution >= 0.6 is 11.8 Å². The van der Waals surface area contributed by atoms with Gasteiger partial charge in [0, 0.05) is 12.2 Å². The third-order valence-corrected chi connectivity index (χ3v) is 4.04. The topological polar surface area (TPSA) is 66.8 Å². The summed E-state index contributed by atoms with van der Waals surface area (Å²) in [5, 5.41) is 8.39. The minimum absolute atomic E-state index is 0.00513. The van der Waals surface area contributed by atoms with Gasteiger partial charge in [-0.15, -0.1) is 11.8 Å². The largest absolute Gasteiger partial charge is 0.497 e. The van der Waals surface area contributed by atoms with Gasteiger partial charge in [0.2, 0.25) is 11.8 Å². The third-order valence-electron chi connectivity index (χ3n) is 2.85. The van der Waals surface area contributed by atoms with Gasteiger partial charge in [0.05, 0.1) is 24.7 Å². The molecule has 1 saturated heterocycles. The Balaban J connectivity index is 2.14. The summed E-state index contributed by atoms with van der Waals surface area (Å²) in [5.41, 5.74) is 0.558. The molecule has 0 spiro atoms. The van der Waals surface area contributed by atoms with Crippen LogP contribution in [0.1, 0.15) is 6.42 Å². The van der Waals surface area contributed by atoms with Gasteiger partial charge in [0.1, 0.15) is 5.75 Å². The lowest BCUT2D eigenvalue weighted by atomic mass is 10.3. The van der Waals surface area contributed by atoms with E-state index < -0.39 is 0 Å². The first kappa shape index (κ1) is 13.9. The van der Waals surface area contributed by atoms with E-state index in [9.17, 15) is 9.59 Å². The Morgan fingerprint density at radius 2 is 2.05 bits per heavy atom. The van der Waals surface area contributed by atoms with E-state index in [0.29, 0.717) is 17.2 Å². The van der Waals surface area contributed by atoms with Crippen LogP contribution in [0.25, 0.3) is 0 Å². The Hall–Kier alpha value is -1.53. The standard InChI is InChI=1S/C13H15NO4S/c1-18-10-4-2-9(3-5-10)14-12(16)8-11(13(14)17)19-7-6-15/h2-5,11,15H,6-8H2,1H3. The second-order valence-electron chi connectivity index (χ2n) is 4.05. The van der Waals surface area contributed by atoms with E-state index in [0.717, 1.165) is 0 Å². The van der Waals surface area contributed by atoms with Gasteiger partial charge in [0.25, 0.3) is 0 Å². The van der Waals surface area contributed by atoms with E-state index in [1.807, 2.05) is 0 Å². The number of amides is 2. The number of carbonyl (C=O) groups excluding carboxylic acids is 2. The first-order valence-electron chi connectivity index (χ1n) is 5.90. The zero-order valence-corrected chi connectivity index (χ0v) is 11.4. The van der Waals surface area contributed by atoms with E-state index in [4.69, 9.17) is 9.84 Å². The highest BCUT2D eigenvalue weighted by atomic mass is 32.2. The molecule has 6 heteroatoms. The summed E-state index contributed by atoms with van der Waals surface area (Å²) in [7, 11) is 1.56. The number of ether oxygens (including phenoxy) is 1. The lowest BCUT2D eigenvalue weighted by Crippen LogP contribution is -2.31. The van der Waals surface area contributed by atoms with Crippen molar-refractivity contribution in [3.63, 3.8) is 0 Å². The number of hydrogen-bond donors (Lipinski definition) is 1. The van der Waals surface area contributed by atoms with Crippen LogP contribution in [0, 0.1) is 0 Å². The van der Waals surface area contributed by atoms with Crippen molar-refractivity contribution < 1.29 is 19.4 Å². The van der Waals surface area contributed by atoms with E-state index in [-0.39, 0.29) is 30.1 Å². The van der Waals surface area contributed by atoms with E-state index in [2.05, 4.69) is 0 Å². The van der Waals surface area contributed by atoms with Gasteiger partial charge >= 0.3 is 0 Å². The number of aliphatic hydroxyl groups excluding tert-OH is 1. The van der Waals surface area contributed by atoms with Crippen LogP contribution in [0.15, 0.2) is 24.3 Å². The number of aliphatic hydroxyl groups is 1. The fourth-order valence-electron chi connectivity index (χ4n) is 1.93. The molecule has 19 heavy (non-hydrogen) atoms. The van der Waals surface area contributed by atoms with Crippen molar-refractivity contribution >= 4 is 29.3 Å². The smallest absolute Gasteiger partial charge is 0.247 e. The molecule has 0 radical (unpaired) electrons. The molecule has 1 N–H and O–H groups in total. The predicted octanol–water partition coefficient (Wildman–Crippen LogP) is 1.05. The Morgan fingerprint density at radius 1 is 1.37 bits per heavy atom. The fourth-order valence-corrected chi connectivity index (χ4v) is 2.83. The molecule has 1 heterocycles. The molecule has 0 aliphatic carbocycles. The number of rotatable bonds is 5. The maximum Gasteiger partial charge on any atom is 0.247 e. The predicted molar refractivity (Wildman–Crippen MR) is 73.4 cm³/mol. The second-order valence-corrected chi connectivity index (χ2v) is 5.36. The molecule has 1 fully saturated rings. The number of imide groups is 1. The molecule has 1 aliphatic heterocycles. The Kier molecular flexibility index (Phi) is 4.44. The monoisotopic (exact) mass is 281 g/mol. The maximum atomic E-state index is 12.1. The summed E-state index contributed by atoms with van der Waals surface area (Å²) < 4.78 is 5.04. The second kappa shape index (κ2) is 6.08. The van der Waals surface area contributed by atoms with Crippen molar-refractivity contribution in [2.24, 2.45) is 0 Å². The zero-order valence-electron chi connectivity index (χ0n) is 10.5. The molecule has 0 aromatic heterocycles. The van der Waals surface area contributed by atoms with Gasteiger partial charge in [-0.1, -0.05) is 0 Å². The molecule has 0 bridgehead atoms. The van der Waals surface area contributed by atoms with Crippen molar-refractivity contribution in [2.75, 3.05) is 24.4 Å². The number of benzene rings is 1. The molecule has 2 amide bonds. The molecule has 1 aromatic rings. The van der Waals surface area contributed by atoms with Gasteiger partial charge in [-0.3, -0.25) is 9.59 Å². The van der Waals surface area contributed by atoms with E-state index in [1.165, 1.54) is 16.7 Å². The highest BCUT2D eigenvalue weighted by Crippen LogP contribution is 2.30. The van der Waals surface area contributed by atoms with Crippen LogP contribution in [0.2, 0.25) is 0 Å². The zero-order chi connectivity index (χ0) is 13.8. The summed E-state index contributed by atoms with van der Waals surface area (Å²) in [5.74, 6) is 0.716. The third kappa shape index (κ3) is 2.90. The Labute approximate surface area is 115 Å². The molecule has 1 atom stereocenters. The number of hydrogen-bond acceptors (Lipinski definition) is 5. The molecule has 2 rings (SSSR count). The lowest BCUT2D eigenvalue weighted by molar-refractivity contribution is -0.121. The number of anilines is 1. The molecule has 1 aliphatic rings. The van der Waals surface area contributed by atoms with Crippen LogP contribution in [-0.4, -0.2) is 41.6 Å². The molecular formula is C13H15NO4S. The molecule has 1 unspecified atom stereocenters. The molecule has 102 valence electrons. The average molecular weight is 281 g/mol. The van der Waals surface area contributed by atoms with Gasteiger partial charge in [-0.2, -0.15) is 0 Å². The Bertz CT molecular complexity index is 474. The van der Waals surface area contributed by atoms with Crippen molar-refractivity contribution in [1.82, 2.24) is 0 Å². The first-order valence-corrected chi connectivity index (χ1v) is 6.95. The van der Waals surface area contributed by atoms with Crippen LogP contribution in [0.4, 0.5) is 5.69 Å². The number of methoxy groups -OCH3 is 1. The fraction of sp³-hybridized carbons (Fsp3) is 0.385. The SMILES string of the molecule is COc1ccc(N2C(=O)CC(SCCO)C2=O)cc1. The van der Waals surface area contributed by atoms with Crippen LogP contribution in [0.3, 0.4) is 0 Å². The lowest BCUT2D eigenvalue weighted by Gasteiger charge is -2.15. The summed E-state index contributed by atoms with van der Waals surface area (Å²) in [6.07, 6.45) is 0.190. The highest BCUT2D eigenvalue weighted by molar-refractivity contribution is 8.00. The summed E-state index contributed by atoms with van der Waals surface area (Å²) in [6.45, 7) is 0.00513. The number of nitrogens with zero attached hydrogens (tertiary/aromatic N) is 1. The van der Waals surface area contributed by atoms with Gasteiger partial charge in [0.15, 0.2) is 0 Å². The molecule has 5 nitrogen and oxygen atoms in total. The quantitative estimate of drug-likeness (QED) is 0.817. The van der Waals surface area contributed by atoms with Crippen molar-refractivity contribution in [2.45, 2.75) is 11.7 Å². The van der Waals surface area contributed by atoms with Crippen LogP contribution in [0.5, 0.6) is 5.75 Å².